The summed E-state index contributed by atoms with van der Waals surface area (Å²) in [6, 6.07) is 52.4. The summed E-state index contributed by atoms with van der Waals surface area (Å²) < 4.78 is 9.02. The zero-order chi connectivity index (χ0) is 31.6. The van der Waals surface area contributed by atoms with Gasteiger partial charge in [-0.25, -0.2) is 15.0 Å². The van der Waals surface area contributed by atoms with Gasteiger partial charge in [0.1, 0.15) is 11.3 Å². The molecule has 0 N–H and O–H groups in total. The van der Waals surface area contributed by atoms with E-state index in [1.807, 2.05) is 47.7 Å². The first-order chi connectivity index (χ1) is 23.8. The lowest BCUT2D eigenvalue weighted by Gasteiger charge is -2.11. The van der Waals surface area contributed by atoms with Gasteiger partial charge in [0.15, 0.2) is 11.4 Å². The Morgan fingerprint density at radius 2 is 1.17 bits per heavy atom. The third kappa shape index (κ3) is 4.25. The Labute approximate surface area is 279 Å². The molecule has 6 aromatic carbocycles. The first kappa shape index (κ1) is 27.0. The Hall–Kier alpha value is -6.17. The molecule has 0 saturated heterocycles. The number of aromatic nitrogens is 3. The molecule has 0 saturated carbocycles. The number of furan rings is 1. The van der Waals surface area contributed by atoms with Crippen molar-refractivity contribution in [2.45, 2.75) is 0 Å². The fourth-order valence-electron chi connectivity index (χ4n) is 6.85. The Kier molecular flexibility index (Phi) is 6.01. The zero-order valence-corrected chi connectivity index (χ0v) is 26.4. The van der Waals surface area contributed by atoms with E-state index in [2.05, 4.69) is 115 Å². The van der Waals surface area contributed by atoms with Crippen LogP contribution >= 0.6 is 11.3 Å². The van der Waals surface area contributed by atoms with Gasteiger partial charge in [-0.2, -0.15) is 0 Å². The van der Waals surface area contributed by atoms with E-state index in [9.17, 15) is 0 Å². The minimum absolute atomic E-state index is 0.690. The molecule has 0 unspecified atom stereocenters. The summed E-state index contributed by atoms with van der Waals surface area (Å²) in [7, 11) is 0. The van der Waals surface area contributed by atoms with Crippen molar-refractivity contribution in [3.8, 4) is 45.2 Å². The van der Waals surface area contributed by atoms with Gasteiger partial charge in [-0.05, 0) is 30.3 Å². The maximum Gasteiger partial charge on any atom is 0.162 e. The van der Waals surface area contributed by atoms with Crippen LogP contribution in [-0.2, 0) is 0 Å². The molecule has 10 rings (SSSR count). The second-order valence-electron chi connectivity index (χ2n) is 12.0. The minimum atomic E-state index is 0.690. The van der Waals surface area contributed by atoms with Crippen LogP contribution in [0.15, 0.2) is 156 Å². The van der Waals surface area contributed by atoms with Crippen LogP contribution in [0, 0.1) is 0 Å². The number of nitrogens with zero attached hydrogens (tertiary/aromatic N) is 3. The van der Waals surface area contributed by atoms with E-state index in [1.165, 1.54) is 20.2 Å². The van der Waals surface area contributed by atoms with E-state index in [0.29, 0.717) is 5.82 Å². The molecule has 0 fully saturated rings. The summed E-state index contributed by atoms with van der Waals surface area (Å²) in [6.45, 7) is 0. The highest BCUT2D eigenvalue weighted by Gasteiger charge is 2.19. The van der Waals surface area contributed by atoms with Gasteiger partial charge in [0, 0.05) is 58.6 Å². The predicted molar refractivity (Wildman–Crippen MR) is 199 cm³/mol. The molecule has 4 heterocycles. The van der Waals surface area contributed by atoms with Crippen molar-refractivity contribution in [1.82, 2.24) is 15.0 Å². The van der Waals surface area contributed by atoms with E-state index < -0.39 is 0 Å². The largest absolute Gasteiger partial charge is 0.454 e. The smallest absolute Gasteiger partial charge is 0.162 e. The quantitative estimate of drug-likeness (QED) is 0.194. The Morgan fingerprint density at radius 3 is 2.08 bits per heavy atom. The van der Waals surface area contributed by atoms with Crippen molar-refractivity contribution in [3.63, 3.8) is 0 Å². The lowest BCUT2D eigenvalue weighted by Crippen LogP contribution is -1.96. The van der Waals surface area contributed by atoms with Crippen LogP contribution in [0.3, 0.4) is 0 Å². The van der Waals surface area contributed by atoms with Crippen molar-refractivity contribution in [2.24, 2.45) is 0 Å². The molecule has 0 bridgehead atoms. The van der Waals surface area contributed by atoms with Crippen LogP contribution in [0.1, 0.15) is 0 Å². The molecule has 48 heavy (non-hydrogen) atoms. The van der Waals surface area contributed by atoms with Gasteiger partial charge in [0.05, 0.1) is 16.9 Å². The average molecular weight is 632 g/mol. The maximum atomic E-state index is 6.52. The zero-order valence-electron chi connectivity index (χ0n) is 25.6. The molecule has 5 heteroatoms. The summed E-state index contributed by atoms with van der Waals surface area (Å²) in [5.41, 5.74) is 9.16. The monoisotopic (exact) mass is 631 g/mol. The topological polar surface area (TPSA) is 51.8 Å². The third-order valence-electron chi connectivity index (χ3n) is 9.09. The summed E-state index contributed by atoms with van der Waals surface area (Å²) >= 11 is 1.81. The SMILES string of the molecule is c1ccc(-c2nc(-c3cccc(-c4nc5ccccc5c5c4oc4ccccc45)c3)cc(-c3cccc4c3sc3ccccc34)n2)cc1. The number of pyridine rings is 1. The number of fused-ring (bicyclic) bond motifs is 8. The number of hydrogen-bond acceptors (Lipinski definition) is 5. The van der Waals surface area contributed by atoms with E-state index in [1.54, 1.807) is 0 Å². The third-order valence-corrected chi connectivity index (χ3v) is 10.3. The molecule has 0 aliphatic heterocycles. The summed E-state index contributed by atoms with van der Waals surface area (Å²) in [6.07, 6.45) is 0. The van der Waals surface area contributed by atoms with E-state index in [4.69, 9.17) is 19.4 Å². The van der Waals surface area contributed by atoms with Gasteiger partial charge in [0.25, 0.3) is 0 Å². The number of benzene rings is 6. The standard InChI is InChI=1S/C43H25N3OS/c1-2-12-26(13-3-1)43-45-35(25-36(46-43)32-20-11-19-30-29-16-6-9-23-38(29)48-42(30)32)27-14-10-15-28(24-27)40-41-39(31-17-4-7-21-34(31)44-40)33-18-5-8-22-37(33)47-41/h1-25H. The number of thiophene rings is 1. The molecule has 0 aliphatic carbocycles. The number of hydrogen-bond donors (Lipinski definition) is 0. The Bertz CT molecular complexity index is 2850. The average Bonchev–Trinajstić information content (AvgIpc) is 3.74. The Balaban J connectivity index is 1.20. The van der Waals surface area contributed by atoms with Crippen LogP contribution in [0.5, 0.6) is 0 Å². The van der Waals surface area contributed by atoms with Gasteiger partial charge >= 0.3 is 0 Å². The molecule has 4 nitrogen and oxygen atoms in total. The molecular formula is C43H25N3OS. The molecular weight excluding hydrogens is 607 g/mol. The van der Waals surface area contributed by atoms with Gasteiger partial charge in [0.2, 0.25) is 0 Å². The van der Waals surface area contributed by atoms with Gasteiger partial charge in [-0.1, -0.05) is 121 Å². The van der Waals surface area contributed by atoms with Gasteiger partial charge < -0.3 is 4.42 Å². The fraction of sp³-hybridized carbons (Fsp3) is 0. The second kappa shape index (κ2) is 10.7. The molecule has 0 atom stereocenters. The molecule has 0 radical (unpaired) electrons. The first-order valence-corrected chi connectivity index (χ1v) is 16.8. The highest BCUT2D eigenvalue weighted by Crippen LogP contribution is 2.42. The van der Waals surface area contributed by atoms with Crippen molar-refractivity contribution < 1.29 is 4.42 Å². The van der Waals surface area contributed by atoms with Crippen molar-refractivity contribution >= 4 is 64.4 Å². The van der Waals surface area contributed by atoms with Gasteiger partial charge in [-0.15, -0.1) is 11.3 Å². The first-order valence-electron chi connectivity index (χ1n) is 15.9. The summed E-state index contributed by atoms with van der Waals surface area (Å²) in [5.74, 6) is 0.690. The minimum Gasteiger partial charge on any atom is -0.454 e. The fourth-order valence-corrected chi connectivity index (χ4v) is 8.08. The van der Waals surface area contributed by atoms with Crippen LogP contribution in [0.2, 0.25) is 0 Å². The van der Waals surface area contributed by atoms with Gasteiger partial charge in [-0.3, -0.25) is 0 Å². The molecule has 0 spiro atoms. The molecule has 0 aliphatic rings. The van der Waals surface area contributed by atoms with Crippen LogP contribution in [0.4, 0.5) is 0 Å². The number of rotatable bonds is 4. The van der Waals surface area contributed by atoms with Crippen molar-refractivity contribution in [2.75, 3.05) is 0 Å². The van der Waals surface area contributed by atoms with Crippen LogP contribution in [0.25, 0.3) is 98.2 Å². The van der Waals surface area contributed by atoms with E-state index >= 15 is 0 Å². The molecule has 0 amide bonds. The normalized spacial score (nSPS) is 11.8. The van der Waals surface area contributed by atoms with Crippen molar-refractivity contribution in [3.05, 3.63) is 152 Å². The highest BCUT2D eigenvalue weighted by molar-refractivity contribution is 7.26. The molecule has 10 aromatic rings. The predicted octanol–water partition coefficient (Wildman–Crippen LogP) is 12.0. The Morgan fingerprint density at radius 1 is 0.479 bits per heavy atom. The maximum absolute atomic E-state index is 6.52. The van der Waals surface area contributed by atoms with Crippen LogP contribution in [-0.4, -0.2) is 15.0 Å². The van der Waals surface area contributed by atoms with Crippen molar-refractivity contribution in [1.29, 1.82) is 0 Å². The lowest BCUT2D eigenvalue weighted by atomic mass is 10.00. The van der Waals surface area contributed by atoms with Crippen LogP contribution < -0.4 is 0 Å². The summed E-state index contributed by atoms with van der Waals surface area (Å²) in [5, 5.41) is 5.77. The second-order valence-corrected chi connectivity index (χ2v) is 13.0. The molecule has 4 aromatic heterocycles. The van der Waals surface area contributed by atoms with E-state index in [-0.39, 0.29) is 0 Å². The number of para-hydroxylation sites is 2. The van der Waals surface area contributed by atoms with E-state index in [0.717, 1.165) is 72.2 Å². The highest BCUT2D eigenvalue weighted by atomic mass is 32.1. The molecule has 224 valence electrons. The lowest BCUT2D eigenvalue weighted by molar-refractivity contribution is 0.669. The summed E-state index contributed by atoms with van der Waals surface area (Å²) in [4.78, 5) is 15.5.